The zero-order valence-corrected chi connectivity index (χ0v) is 13.1. The molecule has 4 heteroatoms. The van der Waals surface area contributed by atoms with Crippen LogP contribution in [0.4, 0.5) is 0 Å². The summed E-state index contributed by atoms with van der Waals surface area (Å²) >= 11 is 0. The van der Waals surface area contributed by atoms with Gasteiger partial charge in [-0.25, -0.2) is 0 Å². The normalized spacial score (nSPS) is 41.1. The summed E-state index contributed by atoms with van der Waals surface area (Å²) in [6, 6.07) is 1.96. The Morgan fingerprint density at radius 2 is 2.15 bits per heavy atom. The third kappa shape index (κ3) is 2.89. The van der Waals surface area contributed by atoms with Gasteiger partial charge in [0.25, 0.3) is 0 Å². The molecule has 0 aromatic carbocycles. The first-order valence-electron chi connectivity index (χ1n) is 8.39. The molecule has 116 valence electrons. The second-order valence-electron chi connectivity index (χ2n) is 6.86. The first kappa shape index (κ1) is 14.8. The van der Waals surface area contributed by atoms with Crippen LogP contribution in [0.2, 0.25) is 0 Å². The van der Waals surface area contributed by atoms with Gasteiger partial charge in [0, 0.05) is 37.8 Å². The van der Waals surface area contributed by atoms with Gasteiger partial charge in [0.15, 0.2) is 0 Å². The quantitative estimate of drug-likeness (QED) is 0.855. The van der Waals surface area contributed by atoms with Crippen molar-refractivity contribution in [2.75, 3.05) is 33.4 Å². The van der Waals surface area contributed by atoms with E-state index < -0.39 is 0 Å². The van der Waals surface area contributed by atoms with Crippen LogP contribution in [0.25, 0.3) is 0 Å². The van der Waals surface area contributed by atoms with Gasteiger partial charge in [-0.05, 0) is 46.2 Å². The molecule has 3 aliphatic heterocycles. The summed E-state index contributed by atoms with van der Waals surface area (Å²) in [6.07, 6.45) is 7.51. The Morgan fingerprint density at radius 1 is 1.25 bits per heavy atom. The summed E-state index contributed by atoms with van der Waals surface area (Å²) in [5.41, 5.74) is 0.0355. The highest BCUT2D eigenvalue weighted by molar-refractivity contribution is 4.97. The van der Waals surface area contributed by atoms with Crippen molar-refractivity contribution in [2.24, 2.45) is 0 Å². The maximum Gasteiger partial charge on any atom is 0.0951 e. The van der Waals surface area contributed by atoms with Crippen LogP contribution < -0.4 is 5.32 Å². The molecule has 0 amide bonds. The van der Waals surface area contributed by atoms with Gasteiger partial charge in [-0.1, -0.05) is 6.42 Å². The van der Waals surface area contributed by atoms with E-state index in [0.717, 1.165) is 26.2 Å². The van der Waals surface area contributed by atoms with Gasteiger partial charge in [-0.3, -0.25) is 4.90 Å². The largest absolute Gasteiger partial charge is 0.378 e. The van der Waals surface area contributed by atoms with E-state index in [4.69, 9.17) is 9.47 Å². The molecule has 20 heavy (non-hydrogen) atoms. The van der Waals surface area contributed by atoms with Crippen LogP contribution in [0.3, 0.4) is 0 Å². The fourth-order valence-electron chi connectivity index (χ4n) is 4.31. The molecule has 3 aliphatic rings. The summed E-state index contributed by atoms with van der Waals surface area (Å²) in [5.74, 6) is 0. The van der Waals surface area contributed by atoms with Crippen LogP contribution in [0, 0.1) is 0 Å². The second-order valence-corrected chi connectivity index (χ2v) is 6.86. The number of hydrogen-bond donors (Lipinski definition) is 1. The minimum Gasteiger partial charge on any atom is -0.378 e. The minimum absolute atomic E-state index is 0.0355. The van der Waals surface area contributed by atoms with Crippen molar-refractivity contribution in [1.82, 2.24) is 10.2 Å². The smallest absolute Gasteiger partial charge is 0.0951 e. The molecular weight excluding hydrogens is 252 g/mol. The van der Waals surface area contributed by atoms with Crippen molar-refractivity contribution in [3.05, 3.63) is 0 Å². The molecule has 1 N–H and O–H groups in total. The van der Waals surface area contributed by atoms with Gasteiger partial charge in [0.2, 0.25) is 0 Å². The Bertz CT molecular complexity index is 318. The van der Waals surface area contributed by atoms with Crippen molar-refractivity contribution in [1.29, 1.82) is 0 Å². The highest BCUT2D eigenvalue weighted by Crippen LogP contribution is 2.37. The van der Waals surface area contributed by atoms with Crippen molar-refractivity contribution < 1.29 is 9.47 Å². The number of likely N-dealkylation sites (tertiary alicyclic amines) is 1. The van der Waals surface area contributed by atoms with Gasteiger partial charge in [0.05, 0.1) is 12.2 Å². The Labute approximate surface area is 123 Å². The Balaban J connectivity index is 1.69. The van der Waals surface area contributed by atoms with E-state index >= 15 is 0 Å². The van der Waals surface area contributed by atoms with E-state index in [0.29, 0.717) is 18.1 Å². The lowest BCUT2D eigenvalue weighted by Crippen LogP contribution is -2.58. The molecule has 1 spiro atoms. The zero-order chi connectivity index (χ0) is 14.0. The third-order valence-electron chi connectivity index (χ3n) is 5.63. The van der Waals surface area contributed by atoms with E-state index in [1.165, 1.54) is 38.6 Å². The average molecular weight is 282 g/mol. The molecule has 3 rings (SSSR count). The number of rotatable bonds is 3. The van der Waals surface area contributed by atoms with Crippen LogP contribution >= 0.6 is 0 Å². The van der Waals surface area contributed by atoms with Crippen LogP contribution in [-0.2, 0) is 9.47 Å². The fraction of sp³-hybridized carbons (Fsp3) is 1.00. The SMILES string of the molecule is CNC(C)C1CCCCN1C1CCOC2(CCOC2)C1. The molecule has 0 radical (unpaired) electrons. The summed E-state index contributed by atoms with van der Waals surface area (Å²) < 4.78 is 11.7. The topological polar surface area (TPSA) is 33.7 Å². The van der Waals surface area contributed by atoms with Gasteiger partial charge in [-0.15, -0.1) is 0 Å². The van der Waals surface area contributed by atoms with Gasteiger partial charge < -0.3 is 14.8 Å². The molecule has 0 aromatic rings. The van der Waals surface area contributed by atoms with E-state index in [1.54, 1.807) is 0 Å². The summed E-state index contributed by atoms with van der Waals surface area (Å²) in [7, 11) is 2.09. The van der Waals surface area contributed by atoms with Crippen LogP contribution in [-0.4, -0.2) is 62.0 Å². The highest BCUT2D eigenvalue weighted by atomic mass is 16.6. The predicted molar refractivity (Wildman–Crippen MR) is 80.0 cm³/mol. The van der Waals surface area contributed by atoms with E-state index in [9.17, 15) is 0 Å². The van der Waals surface area contributed by atoms with Crippen molar-refractivity contribution in [3.63, 3.8) is 0 Å². The molecule has 4 atom stereocenters. The fourth-order valence-corrected chi connectivity index (χ4v) is 4.31. The summed E-state index contributed by atoms with van der Waals surface area (Å²) in [5, 5.41) is 3.47. The van der Waals surface area contributed by atoms with Crippen molar-refractivity contribution in [2.45, 2.75) is 69.2 Å². The number of piperidine rings is 1. The first-order valence-corrected chi connectivity index (χ1v) is 8.39. The average Bonchev–Trinajstić information content (AvgIpc) is 2.94. The van der Waals surface area contributed by atoms with Crippen molar-refractivity contribution in [3.8, 4) is 0 Å². The monoisotopic (exact) mass is 282 g/mol. The predicted octanol–water partition coefficient (Wildman–Crippen LogP) is 1.79. The molecule has 3 fully saturated rings. The Kier molecular flexibility index (Phi) is 4.65. The number of likely N-dealkylation sites (N-methyl/N-ethyl adjacent to an activating group) is 1. The Hall–Kier alpha value is -0.160. The lowest BCUT2D eigenvalue weighted by Gasteiger charge is -2.48. The number of nitrogens with one attached hydrogen (secondary N) is 1. The molecule has 0 saturated carbocycles. The standard InChI is InChI=1S/C16H30N2O2/c1-13(17-2)15-5-3-4-8-18(15)14-6-9-20-16(11-14)7-10-19-12-16/h13-15,17H,3-12H2,1-2H3. The molecule has 0 aliphatic carbocycles. The van der Waals surface area contributed by atoms with Crippen LogP contribution in [0.5, 0.6) is 0 Å². The number of nitrogens with zero attached hydrogens (tertiary/aromatic N) is 1. The lowest BCUT2D eigenvalue weighted by atomic mass is 9.85. The van der Waals surface area contributed by atoms with Gasteiger partial charge in [-0.2, -0.15) is 0 Å². The maximum atomic E-state index is 6.10. The number of hydrogen-bond acceptors (Lipinski definition) is 4. The third-order valence-corrected chi connectivity index (χ3v) is 5.63. The highest BCUT2D eigenvalue weighted by Gasteiger charge is 2.44. The minimum atomic E-state index is 0.0355. The van der Waals surface area contributed by atoms with Crippen molar-refractivity contribution >= 4 is 0 Å². The zero-order valence-electron chi connectivity index (χ0n) is 13.1. The maximum absolute atomic E-state index is 6.10. The molecule has 4 nitrogen and oxygen atoms in total. The molecule has 3 saturated heterocycles. The van der Waals surface area contributed by atoms with E-state index in [1.807, 2.05) is 0 Å². The van der Waals surface area contributed by atoms with Gasteiger partial charge >= 0.3 is 0 Å². The molecule has 0 aromatic heterocycles. The number of ether oxygens (including phenoxy) is 2. The van der Waals surface area contributed by atoms with E-state index in [-0.39, 0.29) is 5.60 Å². The van der Waals surface area contributed by atoms with Crippen LogP contribution in [0.15, 0.2) is 0 Å². The molecular formula is C16H30N2O2. The lowest BCUT2D eigenvalue weighted by molar-refractivity contribution is -0.115. The van der Waals surface area contributed by atoms with Crippen LogP contribution in [0.1, 0.15) is 45.4 Å². The van der Waals surface area contributed by atoms with E-state index in [2.05, 4.69) is 24.2 Å². The molecule has 0 bridgehead atoms. The first-order chi connectivity index (χ1) is 9.74. The molecule has 3 heterocycles. The molecule has 4 unspecified atom stereocenters. The summed E-state index contributed by atoms with van der Waals surface area (Å²) in [6.45, 7) is 6.19. The second kappa shape index (κ2) is 6.30. The summed E-state index contributed by atoms with van der Waals surface area (Å²) in [4.78, 5) is 2.78. The van der Waals surface area contributed by atoms with Gasteiger partial charge in [0.1, 0.15) is 0 Å². The Morgan fingerprint density at radius 3 is 2.90 bits per heavy atom.